The third kappa shape index (κ3) is 8.08. The van der Waals surface area contributed by atoms with Crippen molar-refractivity contribution in [3.63, 3.8) is 0 Å². The highest BCUT2D eigenvalue weighted by molar-refractivity contribution is 6.07. The van der Waals surface area contributed by atoms with Gasteiger partial charge in [0, 0.05) is 23.4 Å². The van der Waals surface area contributed by atoms with Gasteiger partial charge in [-0.1, -0.05) is 80.1 Å². The van der Waals surface area contributed by atoms with E-state index in [2.05, 4.69) is 31.2 Å². The second-order valence-electron chi connectivity index (χ2n) is 9.52. The maximum absolute atomic E-state index is 12.7. The van der Waals surface area contributed by atoms with Crippen LogP contribution in [-0.4, -0.2) is 25.0 Å². The van der Waals surface area contributed by atoms with Crippen molar-refractivity contribution in [3.8, 4) is 16.9 Å². The van der Waals surface area contributed by atoms with Gasteiger partial charge in [-0.05, 0) is 65.1 Å². The Morgan fingerprint density at radius 2 is 1.38 bits per heavy atom. The van der Waals surface area contributed by atoms with Crippen LogP contribution >= 0.6 is 0 Å². The van der Waals surface area contributed by atoms with Crippen LogP contribution in [0.25, 0.3) is 17.2 Å². The number of rotatable bonds is 12. The monoisotopic (exact) mass is 534 g/mol. The van der Waals surface area contributed by atoms with Gasteiger partial charge < -0.3 is 20.9 Å². The molecule has 4 rings (SSSR count). The summed E-state index contributed by atoms with van der Waals surface area (Å²) in [4.78, 5) is 24.8. The highest BCUT2D eigenvalue weighted by atomic mass is 16.5. The molecule has 6 nitrogen and oxygen atoms in total. The van der Waals surface area contributed by atoms with Crippen molar-refractivity contribution < 1.29 is 19.1 Å². The van der Waals surface area contributed by atoms with E-state index in [1.807, 2.05) is 48.5 Å². The first-order valence-electron chi connectivity index (χ1n) is 13.4. The number of nitrogen functional groups attached to an aromatic ring is 2. The molecule has 0 aromatic heterocycles. The quantitative estimate of drug-likeness (QED) is 0.0667. The number of hydrogen-bond acceptors (Lipinski definition) is 6. The number of hydrogen-bond donors (Lipinski definition) is 2. The van der Waals surface area contributed by atoms with Crippen molar-refractivity contribution in [2.45, 2.75) is 26.2 Å². The zero-order chi connectivity index (χ0) is 28.3. The fourth-order valence-corrected chi connectivity index (χ4v) is 4.21. The average Bonchev–Trinajstić information content (AvgIpc) is 2.96. The van der Waals surface area contributed by atoms with Gasteiger partial charge in [0.2, 0.25) is 0 Å². The van der Waals surface area contributed by atoms with Crippen molar-refractivity contribution in [2.24, 2.45) is 0 Å². The summed E-state index contributed by atoms with van der Waals surface area (Å²) in [5.41, 5.74) is 17.7. The summed E-state index contributed by atoms with van der Waals surface area (Å²) >= 11 is 0. The van der Waals surface area contributed by atoms with Crippen LogP contribution in [0.4, 0.5) is 11.4 Å². The molecule has 40 heavy (non-hydrogen) atoms. The lowest BCUT2D eigenvalue weighted by atomic mass is 10.00. The standard InChI is InChI=1S/C34H34N2O4/c1-2-4-24-5-10-26(11-6-24)27-12-14-28(15-13-27)33(37)18-9-25-7-16-32(17-8-25)39-19-3-20-40-34(38)29-21-30(35)23-31(36)22-29/h5-18,21-23H,2-4,19-20,35-36H2,1H3/b18-9+. The maximum atomic E-state index is 12.7. The third-order valence-corrected chi connectivity index (χ3v) is 6.31. The lowest BCUT2D eigenvalue weighted by Gasteiger charge is -2.08. The molecule has 0 aliphatic carbocycles. The summed E-state index contributed by atoms with van der Waals surface area (Å²) in [6.45, 7) is 2.78. The molecule has 4 aromatic carbocycles. The number of esters is 1. The highest BCUT2D eigenvalue weighted by Crippen LogP contribution is 2.22. The Kier molecular flexibility index (Phi) is 9.72. The number of ketones is 1. The summed E-state index contributed by atoms with van der Waals surface area (Å²) in [7, 11) is 0. The van der Waals surface area contributed by atoms with Crippen LogP contribution in [0.15, 0.2) is 97.1 Å². The lowest BCUT2D eigenvalue weighted by molar-refractivity contribution is 0.0486. The molecule has 204 valence electrons. The molecule has 0 radical (unpaired) electrons. The minimum Gasteiger partial charge on any atom is -0.493 e. The molecule has 0 spiro atoms. The molecule has 4 aromatic rings. The van der Waals surface area contributed by atoms with Crippen molar-refractivity contribution in [3.05, 3.63) is 119 Å². The summed E-state index contributed by atoms with van der Waals surface area (Å²) in [6, 6.07) is 28.4. The number of aryl methyl sites for hydroxylation is 1. The Bertz CT molecular complexity index is 1440. The Labute approximate surface area is 235 Å². The van der Waals surface area contributed by atoms with Crippen LogP contribution in [0.1, 0.15) is 51.6 Å². The first-order chi connectivity index (χ1) is 19.4. The molecular formula is C34H34N2O4. The van der Waals surface area contributed by atoms with Gasteiger partial charge in [0.15, 0.2) is 5.78 Å². The second kappa shape index (κ2) is 13.8. The van der Waals surface area contributed by atoms with Crippen molar-refractivity contribution in [1.82, 2.24) is 0 Å². The van der Waals surface area contributed by atoms with Crippen LogP contribution in [0.2, 0.25) is 0 Å². The minimum absolute atomic E-state index is 0.0550. The zero-order valence-electron chi connectivity index (χ0n) is 22.6. The summed E-state index contributed by atoms with van der Waals surface area (Å²) in [5, 5.41) is 0. The molecule has 0 atom stereocenters. The molecule has 0 saturated heterocycles. The van der Waals surface area contributed by atoms with Gasteiger partial charge >= 0.3 is 5.97 Å². The largest absolute Gasteiger partial charge is 0.493 e. The average molecular weight is 535 g/mol. The molecule has 0 aliphatic rings. The first-order valence-corrected chi connectivity index (χ1v) is 13.4. The van der Waals surface area contributed by atoms with Crippen molar-refractivity contribution in [2.75, 3.05) is 24.7 Å². The molecule has 0 amide bonds. The molecule has 0 fully saturated rings. The van der Waals surface area contributed by atoms with E-state index in [-0.39, 0.29) is 12.4 Å². The summed E-state index contributed by atoms with van der Waals surface area (Å²) < 4.78 is 11.0. The van der Waals surface area contributed by atoms with Gasteiger partial charge in [0.05, 0.1) is 18.8 Å². The van der Waals surface area contributed by atoms with Gasteiger partial charge in [-0.25, -0.2) is 4.79 Å². The minimum atomic E-state index is -0.474. The van der Waals surface area contributed by atoms with Gasteiger partial charge in [0.25, 0.3) is 0 Å². The van der Waals surface area contributed by atoms with Crippen LogP contribution in [-0.2, 0) is 11.2 Å². The van der Waals surface area contributed by atoms with E-state index in [0.717, 1.165) is 29.5 Å². The predicted molar refractivity (Wildman–Crippen MR) is 161 cm³/mol. The van der Waals surface area contributed by atoms with Gasteiger partial charge in [0.1, 0.15) is 5.75 Å². The first kappa shape index (κ1) is 28.2. The number of carbonyl (C=O) groups excluding carboxylic acids is 2. The smallest absolute Gasteiger partial charge is 0.338 e. The zero-order valence-corrected chi connectivity index (χ0v) is 22.6. The molecule has 4 N–H and O–H groups in total. The Morgan fingerprint density at radius 3 is 2.00 bits per heavy atom. The number of benzene rings is 4. The van der Waals surface area contributed by atoms with Crippen molar-refractivity contribution in [1.29, 1.82) is 0 Å². The number of carbonyl (C=O) groups is 2. The number of ether oxygens (including phenoxy) is 2. The van der Waals surface area contributed by atoms with Crippen molar-refractivity contribution >= 4 is 29.2 Å². The fourth-order valence-electron chi connectivity index (χ4n) is 4.21. The molecule has 0 bridgehead atoms. The molecule has 0 saturated carbocycles. The van der Waals surface area contributed by atoms with Gasteiger partial charge in [-0.3, -0.25) is 4.79 Å². The summed E-state index contributed by atoms with van der Waals surface area (Å²) in [6.07, 6.45) is 6.10. The normalized spacial score (nSPS) is 10.9. The van der Waals surface area contributed by atoms with Crippen LogP contribution < -0.4 is 16.2 Å². The number of allylic oxidation sites excluding steroid dienone is 1. The van der Waals surface area contributed by atoms with E-state index in [1.54, 1.807) is 18.2 Å². The SMILES string of the molecule is CCCc1ccc(-c2ccc(C(=O)/C=C/c3ccc(OCCCOC(=O)c4cc(N)cc(N)c4)cc3)cc2)cc1. The van der Waals surface area contributed by atoms with Crippen LogP contribution in [0.3, 0.4) is 0 Å². The molecule has 0 heterocycles. The van der Waals surface area contributed by atoms with Gasteiger partial charge in [-0.15, -0.1) is 0 Å². The van der Waals surface area contributed by atoms with Crippen LogP contribution in [0, 0.1) is 0 Å². The molecule has 0 unspecified atom stereocenters. The lowest BCUT2D eigenvalue weighted by Crippen LogP contribution is -2.10. The van der Waals surface area contributed by atoms with E-state index in [4.69, 9.17) is 20.9 Å². The third-order valence-electron chi connectivity index (χ3n) is 6.31. The Morgan fingerprint density at radius 1 is 0.750 bits per heavy atom. The van der Waals surface area contributed by atoms with E-state index < -0.39 is 5.97 Å². The summed E-state index contributed by atoms with van der Waals surface area (Å²) in [5.74, 6) is 0.162. The fraction of sp³-hybridized carbons (Fsp3) is 0.176. The van der Waals surface area contributed by atoms with E-state index in [9.17, 15) is 9.59 Å². The Hall–Kier alpha value is -4.84. The maximum Gasteiger partial charge on any atom is 0.338 e. The van der Waals surface area contributed by atoms with E-state index in [1.165, 1.54) is 17.7 Å². The molecule has 0 aliphatic heterocycles. The molecule has 6 heteroatoms. The van der Waals surface area contributed by atoms with Crippen LogP contribution in [0.5, 0.6) is 5.75 Å². The second-order valence-corrected chi connectivity index (χ2v) is 9.52. The number of anilines is 2. The predicted octanol–water partition coefficient (Wildman–Crippen LogP) is 6.99. The van der Waals surface area contributed by atoms with E-state index in [0.29, 0.717) is 41.3 Å². The van der Waals surface area contributed by atoms with E-state index >= 15 is 0 Å². The Balaban J connectivity index is 1.21. The molecular weight excluding hydrogens is 500 g/mol. The highest BCUT2D eigenvalue weighted by Gasteiger charge is 2.09. The number of nitrogens with two attached hydrogens (primary N) is 2. The van der Waals surface area contributed by atoms with Gasteiger partial charge in [-0.2, -0.15) is 0 Å². The topological polar surface area (TPSA) is 105 Å².